The largest absolute Gasteiger partial charge is 0.351 e. The zero-order valence-corrected chi connectivity index (χ0v) is 6.55. The Hall–Kier alpha value is 0.650. The molecule has 0 bridgehead atoms. The van der Waals surface area contributed by atoms with E-state index < -0.39 is 0 Å². The van der Waals surface area contributed by atoms with Crippen molar-refractivity contribution in [2.75, 3.05) is 13.2 Å². The van der Waals surface area contributed by atoms with Crippen LogP contribution in [0.4, 0.5) is 0 Å². The van der Waals surface area contributed by atoms with Gasteiger partial charge < -0.3 is 9.47 Å². The van der Waals surface area contributed by atoms with Gasteiger partial charge in [-0.1, -0.05) is 0 Å². The van der Waals surface area contributed by atoms with Gasteiger partial charge in [0.2, 0.25) is 0 Å². The molecule has 1 aliphatic heterocycles. The van der Waals surface area contributed by atoms with E-state index in [0.29, 0.717) is 0 Å². The lowest BCUT2D eigenvalue weighted by Gasteiger charge is -1.94. The average molecular weight is 216 g/mol. The third-order valence-corrected chi connectivity index (χ3v) is 0.788. The lowest BCUT2D eigenvalue weighted by Crippen LogP contribution is -1.97. The Morgan fingerprint density at radius 1 is 1.29 bits per heavy atom. The highest BCUT2D eigenvalue weighted by Crippen LogP contribution is 1.99. The molecule has 0 aliphatic carbocycles. The van der Waals surface area contributed by atoms with E-state index in [2.05, 4.69) is 0 Å². The van der Waals surface area contributed by atoms with Crippen molar-refractivity contribution in [1.29, 1.82) is 0 Å². The molecular weight excluding hydrogens is 207 g/mol. The summed E-state index contributed by atoms with van der Waals surface area (Å²) < 4.78 is 9.86. The monoisotopic (exact) mass is 216 g/mol. The first-order chi connectivity index (χ1) is 2.89. The fourth-order valence-electron chi connectivity index (χ4n) is 0.476. The standard InChI is InChI=1S/C4H8O2.HI/c1-4-5-2-3-6-4;/h4H,2-3H2,1H3;1H. The molecule has 2 nitrogen and oxygen atoms in total. The highest BCUT2D eigenvalue weighted by Gasteiger charge is 2.07. The van der Waals surface area contributed by atoms with Crippen molar-refractivity contribution in [2.45, 2.75) is 13.2 Å². The molecule has 0 aromatic heterocycles. The summed E-state index contributed by atoms with van der Waals surface area (Å²) in [5.74, 6) is 0. The molecule has 1 rings (SSSR count). The molecule has 1 aliphatic rings. The molecule has 0 amide bonds. The molecule has 3 heteroatoms. The summed E-state index contributed by atoms with van der Waals surface area (Å²) in [7, 11) is 0. The highest BCUT2D eigenvalue weighted by molar-refractivity contribution is 14.0. The molecule has 0 aromatic rings. The summed E-state index contributed by atoms with van der Waals surface area (Å²) in [5, 5.41) is 0. The van der Waals surface area contributed by atoms with Gasteiger partial charge in [-0.2, -0.15) is 0 Å². The maximum absolute atomic E-state index is 4.93. The van der Waals surface area contributed by atoms with Gasteiger partial charge >= 0.3 is 0 Å². The summed E-state index contributed by atoms with van der Waals surface area (Å²) in [6.07, 6.45) is 0.0463. The smallest absolute Gasteiger partial charge is 0.155 e. The van der Waals surface area contributed by atoms with E-state index in [-0.39, 0.29) is 30.3 Å². The molecule has 1 saturated heterocycles. The first kappa shape index (κ1) is 7.65. The van der Waals surface area contributed by atoms with Crippen LogP contribution in [0.3, 0.4) is 0 Å². The van der Waals surface area contributed by atoms with E-state index in [1.165, 1.54) is 0 Å². The molecule has 0 aromatic carbocycles. The molecule has 1 heterocycles. The van der Waals surface area contributed by atoms with Gasteiger partial charge in [0, 0.05) is 0 Å². The number of rotatable bonds is 0. The predicted molar refractivity (Wildman–Crippen MR) is 36.8 cm³/mol. The van der Waals surface area contributed by atoms with Crippen LogP contribution in [-0.4, -0.2) is 19.5 Å². The molecule has 0 spiro atoms. The van der Waals surface area contributed by atoms with Crippen LogP contribution in [0.2, 0.25) is 0 Å². The van der Waals surface area contributed by atoms with Crippen molar-refractivity contribution in [3.05, 3.63) is 0 Å². The lowest BCUT2D eigenvalue weighted by atomic mass is 10.8. The molecule has 0 atom stereocenters. The maximum Gasteiger partial charge on any atom is 0.155 e. The second kappa shape index (κ2) is 3.63. The van der Waals surface area contributed by atoms with Gasteiger partial charge in [-0.05, 0) is 6.92 Å². The van der Waals surface area contributed by atoms with Gasteiger partial charge in [0.15, 0.2) is 6.29 Å². The number of hydrogen-bond donors (Lipinski definition) is 0. The third kappa shape index (κ3) is 2.46. The van der Waals surface area contributed by atoms with Crippen molar-refractivity contribution in [3.63, 3.8) is 0 Å². The van der Waals surface area contributed by atoms with E-state index in [9.17, 15) is 0 Å². The molecule has 0 saturated carbocycles. The van der Waals surface area contributed by atoms with Gasteiger partial charge in [0.05, 0.1) is 13.2 Å². The van der Waals surface area contributed by atoms with Crippen molar-refractivity contribution in [1.82, 2.24) is 0 Å². The third-order valence-electron chi connectivity index (χ3n) is 0.788. The number of halogens is 1. The molecular formula is C4H9IO2. The van der Waals surface area contributed by atoms with E-state index in [1.807, 2.05) is 6.92 Å². The molecule has 44 valence electrons. The van der Waals surface area contributed by atoms with Crippen LogP contribution in [0.25, 0.3) is 0 Å². The first-order valence-corrected chi connectivity index (χ1v) is 2.13. The van der Waals surface area contributed by atoms with Crippen LogP contribution in [-0.2, 0) is 9.47 Å². The van der Waals surface area contributed by atoms with Crippen LogP contribution in [0, 0.1) is 0 Å². The summed E-state index contributed by atoms with van der Waals surface area (Å²) in [5.41, 5.74) is 0. The zero-order valence-electron chi connectivity index (χ0n) is 4.22. The Labute approximate surface area is 60.2 Å². The summed E-state index contributed by atoms with van der Waals surface area (Å²) in [6.45, 7) is 3.43. The van der Waals surface area contributed by atoms with Gasteiger partial charge in [-0.15, -0.1) is 24.0 Å². The van der Waals surface area contributed by atoms with Crippen LogP contribution in [0.15, 0.2) is 0 Å². The SMILES string of the molecule is CC1OCCO1.I. The fourth-order valence-corrected chi connectivity index (χ4v) is 0.476. The fraction of sp³-hybridized carbons (Fsp3) is 1.00. The van der Waals surface area contributed by atoms with Crippen LogP contribution in [0.1, 0.15) is 6.92 Å². The Bertz CT molecular complexity index is 43.0. The molecule has 1 fully saturated rings. The molecule has 7 heavy (non-hydrogen) atoms. The minimum Gasteiger partial charge on any atom is -0.351 e. The normalized spacial score (nSPS) is 21.9. The lowest BCUT2D eigenvalue weighted by molar-refractivity contribution is -0.0254. The predicted octanol–water partition coefficient (Wildman–Crippen LogP) is 0.997. The van der Waals surface area contributed by atoms with Crippen molar-refractivity contribution < 1.29 is 9.47 Å². The minimum atomic E-state index is 0. The average Bonchev–Trinajstić information content (AvgIpc) is 1.86. The zero-order chi connectivity index (χ0) is 4.41. The van der Waals surface area contributed by atoms with Crippen molar-refractivity contribution in [2.24, 2.45) is 0 Å². The van der Waals surface area contributed by atoms with E-state index >= 15 is 0 Å². The minimum absolute atomic E-state index is 0. The Kier molecular flexibility index (Phi) is 3.96. The Balaban J connectivity index is 0.000000360. The van der Waals surface area contributed by atoms with Gasteiger partial charge in [0.25, 0.3) is 0 Å². The number of hydrogen-bond acceptors (Lipinski definition) is 2. The van der Waals surface area contributed by atoms with Gasteiger partial charge in [-0.3, -0.25) is 0 Å². The quantitative estimate of drug-likeness (QED) is 0.562. The molecule has 0 unspecified atom stereocenters. The van der Waals surface area contributed by atoms with E-state index in [4.69, 9.17) is 9.47 Å². The first-order valence-electron chi connectivity index (χ1n) is 2.13. The van der Waals surface area contributed by atoms with Crippen molar-refractivity contribution in [3.8, 4) is 0 Å². The Morgan fingerprint density at radius 2 is 1.71 bits per heavy atom. The van der Waals surface area contributed by atoms with Gasteiger partial charge in [-0.25, -0.2) is 0 Å². The summed E-state index contributed by atoms with van der Waals surface area (Å²) >= 11 is 0. The second-order valence-corrected chi connectivity index (χ2v) is 1.31. The molecule has 0 radical (unpaired) electrons. The van der Waals surface area contributed by atoms with E-state index in [1.54, 1.807) is 0 Å². The second-order valence-electron chi connectivity index (χ2n) is 1.31. The summed E-state index contributed by atoms with van der Waals surface area (Å²) in [6, 6.07) is 0. The van der Waals surface area contributed by atoms with Gasteiger partial charge in [0.1, 0.15) is 0 Å². The van der Waals surface area contributed by atoms with Crippen LogP contribution < -0.4 is 0 Å². The van der Waals surface area contributed by atoms with Crippen LogP contribution in [0.5, 0.6) is 0 Å². The van der Waals surface area contributed by atoms with Crippen molar-refractivity contribution >= 4 is 24.0 Å². The highest BCUT2D eigenvalue weighted by atomic mass is 127. The van der Waals surface area contributed by atoms with E-state index in [0.717, 1.165) is 13.2 Å². The number of ether oxygens (including phenoxy) is 2. The maximum atomic E-state index is 4.93. The van der Waals surface area contributed by atoms with Crippen LogP contribution >= 0.6 is 24.0 Å². The topological polar surface area (TPSA) is 18.5 Å². The summed E-state index contributed by atoms with van der Waals surface area (Å²) in [4.78, 5) is 0. The Morgan fingerprint density at radius 3 is 1.86 bits per heavy atom. The molecule has 0 N–H and O–H groups in total.